The molecule has 0 aliphatic carbocycles. The van der Waals surface area contributed by atoms with E-state index in [0.29, 0.717) is 25.1 Å². The predicted molar refractivity (Wildman–Crippen MR) is 116 cm³/mol. The molecule has 1 atom stereocenters. The molecule has 1 rings (SSSR count). The summed E-state index contributed by atoms with van der Waals surface area (Å²) in [6.07, 6.45) is -2.68. The Bertz CT molecular complexity index is 695. The van der Waals surface area contributed by atoms with Gasteiger partial charge in [0.05, 0.1) is 11.2 Å². The number of hydrogen-bond donors (Lipinski definition) is 2. The molecular weight excluding hydrogens is 409 g/mol. The minimum absolute atomic E-state index is 0.0269. The van der Waals surface area contributed by atoms with Crippen molar-refractivity contribution >= 4 is 6.09 Å². The third-order valence-electron chi connectivity index (χ3n) is 4.51. The Labute approximate surface area is 184 Å². The molecule has 1 aromatic rings. The highest BCUT2D eigenvalue weighted by Gasteiger charge is 2.31. The Balaban J connectivity index is 2.95. The topological polar surface area (TPSA) is 61.8 Å². The number of ether oxygens (including phenoxy) is 1. The summed E-state index contributed by atoms with van der Waals surface area (Å²) in [6.45, 7) is 11.7. The zero-order valence-corrected chi connectivity index (χ0v) is 19.5. The predicted octanol–water partition coefficient (Wildman–Crippen LogP) is 5.36. The number of aliphatic hydroxyl groups is 1. The van der Waals surface area contributed by atoms with E-state index in [9.17, 15) is 23.1 Å². The van der Waals surface area contributed by atoms with E-state index in [1.54, 1.807) is 40.7 Å². The molecular formula is C23H37F3N2O3. The van der Waals surface area contributed by atoms with Gasteiger partial charge in [0.15, 0.2) is 0 Å². The standard InChI is InChI=1S/C23H37F3N2O3/c1-7-9-19(12-13-27-20(29)31-21(2,3)4)28(16-22(5,6)30)15-17-10-8-11-18(14-17)23(24,25)26/h8,10-11,14,19,30H,7,9,12-13,15-16H2,1-6H3,(H,27,29). The fourth-order valence-corrected chi connectivity index (χ4v) is 3.39. The van der Waals surface area contributed by atoms with E-state index in [1.165, 1.54) is 6.07 Å². The first-order chi connectivity index (χ1) is 14.1. The van der Waals surface area contributed by atoms with Crippen molar-refractivity contribution < 1.29 is 27.8 Å². The maximum Gasteiger partial charge on any atom is 0.416 e. The van der Waals surface area contributed by atoms with Gasteiger partial charge in [-0.15, -0.1) is 0 Å². The summed E-state index contributed by atoms with van der Waals surface area (Å²) in [7, 11) is 0. The third-order valence-corrected chi connectivity index (χ3v) is 4.51. The van der Waals surface area contributed by atoms with Crippen LogP contribution in [0.1, 0.15) is 71.9 Å². The molecule has 0 bridgehead atoms. The average molecular weight is 447 g/mol. The van der Waals surface area contributed by atoms with E-state index in [4.69, 9.17) is 4.74 Å². The molecule has 0 radical (unpaired) electrons. The molecule has 178 valence electrons. The van der Waals surface area contributed by atoms with Gasteiger partial charge in [-0.05, 0) is 59.1 Å². The third kappa shape index (κ3) is 11.4. The van der Waals surface area contributed by atoms with Gasteiger partial charge < -0.3 is 15.2 Å². The van der Waals surface area contributed by atoms with Crippen LogP contribution in [0.15, 0.2) is 24.3 Å². The second-order valence-corrected chi connectivity index (χ2v) is 9.58. The van der Waals surface area contributed by atoms with Gasteiger partial charge in [-0.25, -0.2) is 4.79 Å². The Morgan fingerprint density at radius 3 is 2.32 bits per heavy atom. The highest BCUT2D eigenvalue weighted by Crippen LogP contribution is 2.30. The number of halogens is 3. The number of rotatable bonds is 10. The Morgan fingerprint density at radius 2 is 1.81 bits per heavy atom. The molecule has 1 amide bonds. The van der Waals surface area contributed by atoms with Crippen LogP contribution < -0.4 is 5.32 Å². The summed E-state index contributed by atoms with van der Waals surface area (Å²) in [6, 6.07) is 5.24. The van der Waals surface area contributed by atoms with Crippen LogP contribution in [0.5, 0.6) is 0 Å². The van der Waals surface area contributed by atoms with Gasteiger partial charge in [-0.3, -0.25) is 4.90 Å². The van der Waals surface area contributed by atoms with Crippen molar-refractivity contribution in [2.75, 3.05) is 13.1 Å². The van der Waals surface area contributed by atoms with Crippen molar-refractivity contribution in [3.63, 3.8) is 0 Å². The van der Waals surface area contributed by atoms with Crippen LogP contribution in [0.2, 0.25) is 0 Å². The minimum atomic E-state index is -4.41. The number of hydrogen-bond acceptors (Lipinski definition) is 4. The van der Waals surface area contributed by atoms with Crippen molar-refractivity contribution in [2.45, 2.75) is 90.8 Å². The Hall–Kier alpha value is -1.80. The maximum absolute atomic E-state index is 13.1. The zero-order chi connectivity index (χ0) is 23.9. The van der Waals surface area contributed by atoms with Crippen LogP contribution in [0.25, 0.3) is 0 Å². The fourth-order valence-electron chi connectivity index (χ4n) is 3.39. The van der Waals surface area contributed by atoms with Gasteiger partial charge in [-0.1, -0.05) is 31.5 Å². The van der Waals surface area contributed by atoms with Gasteiger partial charge in [0.25, 0.3) is 0 Å². The fraction of sp³-hybridized carbons (Fsp3) is 0.696. The molecule has 0 aliphatic heterocycles. The number of carbonyl (C=O) groups is 1. The minimum Gasteiger partial charge on any atom is -0.444 e. The molecule has 1 aromatic carbocycles. The van der Waals surface area contributed by atoms with E-state index in [1.807, 2.05) is 11.8 Å². The van der Waals surface area contributed by atoms with Gasteiger partial charge in [0, 0.05) is 25.7 Å². The van der Waals surface area contributed by atoms with E-state index in [2.05, 4.69) is 5.32 Å². The summed E-state index contributed by atoms with van der Waals surface area (Å²) in [5.74, 6) is 0. The van der Waals surface area contributed by atoms with Crippen LogP contribution in [0.3, 0.4) is 0 Å². The smallest absolute Gasteiger partial charge is 0.416 e. The SMILES string of the molecule is CCCC(CCNC(=O)OC(C)(C)C)N(Cc1cccc(C(F)(F)F)c1)CC(C)(C)O. The molecule has 5 nitrogen and oxygen atoms in total. The van der Waals surface area contributed by atoms with E-state index < -0.39 is 29.0 Å². The molecule has 31 heavy (non-hydrogen) atoms. The first-order valence-corrected chi connectivity index (χ1v) is 10.7. The van der Waals surface area contributed by atoms with Crippen molar-refractivity contribution in [1.82, 2.24) is 10.2 Å². The molecule has 8 heteroatoms. The van der Waals surface area contributed by atoms with Gasteiger partial charge in [0.1, 0.15) is 5.60 Å². The first-order valence-electron chi connectivity index (χ1n) is 10.7. The van der Waals surface area contributed by atoms with E-state index >= 15 is 0 Å². The van der Waals surface area contributed by atoms with Crippen molar-refractivity contribution in [3.8, 4) is 0 Å². The molecule has 1 unspecified atom stereocenters. The molecule has 0 saturated carbocycles. The molecule has 0 aliphatic rings. The molecule has 0 spiro atoms. The van der Waals surface area contributed by atoms with Crippen LogP contribution in [0.4, 0.5) is 18.0 Å². The number of nitrogens with zero attached hydrogens (tertiary/aromatic N) is 1. The quantitative estimate of drug-likeness (QED) is 0.508. The maximum atomic E-state index is 13.1. The van der Waals surface area contributed by atoms with Gasteiger partial charge >= 0.3 is 12.3 Å². The van der Waals surface area contributed by atoms with Crippen LogP contribution in [-0.2, 0) is 17.5 Å². The second-order valence-electron chi connectivity index (χ2n) is 9.58. The zero-order valence-electron chi connectivity index (χ0n) is 19.5. The summed E-state index contributed by atoms with van der Waals surface area (Å²) >= 11 is 0. The van der Waals surface area contributed by atoms with Crippen LogP contribution in [0, 0.1) is 0 Å². The van der Waals surface area contributed by atoms with Crippen LogP contribution >= 0.6 is 0 Å². The summed E-state index contributed by atoms with van der Waals surface area (Å²) in [5, 5.41) is 13.1. The van der Waals surface area contributed by atoms with Gasteiger partial charge in [-0.2, -0.15) is 13.2 Å². The van der Waals surface area contributed by atoms with Gasteiger partial charge in [0.2, 0.25) is 0 Å². The largest absolute Gasteiger partial charge is 0.444 e. The average Bonchev–Trinajstić information content (AvgIpc) is 2.57. The summed E-state index contributed by atoms with van der Waals surface area (Å²) in [4.78, 5) is 13.9. The number of nitrogens with one attached hydrogen (secondary N) is 1. The lowest BCUT2D eigenvalue weighted by Gasteiger charge is -2.36. The van der Waals surface area contributed by atoms with E-state index in [0.717, 1.165) is 25.0 Å². The van der Waals surface area contributed by atoms with Crippen molar-refractivity contribution in [1.29, 1.82) is 0 Å². The highest BCUT2D eigenvalue weighted by atomic mass is 19.4. The monoisotopic (exact) mass is 446 g/mol. The first kappa shape index (κ1) is 27.2. The second kappa shape index (κ2) is 11.2. The Kier molecular flexibility index (Phi) is 9.82. The van der Waals surface area contributed by atoms with Crippen molar-refractivity contribution in [2.24, 2.45) is 0 Å². The lowest BCUT2D eigenvalue weighted by atomic mass is 10.0. The summed E-state index contributed by atoms with van der Waals surface area (Å²) in [5.41, 5.74) is -1.78. The molecule has 0 saturated heterocycles. The lowest BCUT2D eigenvalue weighted by molar-refractivity contribution is -0.137. The number of amides is 1. The number of alkyl carbamates (subject to hydrolysis) is 1. The molecule has 0 aromatic heterocycles. The number of alkyl halides is 3. The van der Waals surface area contributed by atoms with Crippen LogP contribution in [-0.4, -0.2) is 46.4 Å². The summed E-state index contributed by atoms with van der Waals surface area (Å²) < 4.78 is 44.6. The number of benzene rings is 1. The number of carbonyl (C=O) groups excluding carboxylic acids is 1. The lowest BCUT2D eigenvalue weighted by Crippen LogP contribution is -2.45. The molecule has 0 fully saturated rings. The molecule has 0 heterocycles. The molecule has 2 N–H and O–H groups in total. The highest BCUT2D eigenvalue weighted by molar-refractivity contribution is 5.67. The van der Waals surface area contributed by atoms with Crippen molar-refractivity contribution in [3.05, 3.63) is 35.4 Å². The Morgan fingerprint density at radius 1 is 1.16 bits per heavy atom. The van der Waals surface area contributed by atoms with E-state index in [-0.39, 0.29) is 12.6 Å². The normalized spacial score (nSPS) is 13.9.